The van der Waals surface area contributed by atoms with Gasteiger partial charge < -0.3 is 10.6 Å². The van der Waals surface area contributed by atoms with Gasteiger partial charge in [0.05, 0.1) is 0 Å². The minimum atomic E-state index is -0.0605. The predicted octanol–water partition coefficient (Wildman–Crippen LogP) is 4.02. The van der Waals surface area contributed by atoms with Crippen LogP contribution >= 0.6 is 11.3 Å². The summed E-state index contributed by atoms with van der Waals surface area (Å²) in [6, 6.07) is 11.9. The van der Waals surface area contributed by atoms with Crippen LogP contribution in [0.25, 0.3) is 0 Å². The Morgan fingerprint density at radius 2 is 1.76 bits per heavy atom. The number of amides is 1. The first-order valence-electron chi connectivity index (χ1n) is 7.05. The van der Waals surface area contributed by atoms with Crippen molar-refractivity contribution in [1.29, 1.82) is 0 Å². The molecular weight excluding hydrogens is 280 g/mol. The summed E-state index contributed by atoms with van der Waals surface area (Å²) >= 11 is 1.84. The monoisotopic (exact) mass is 302 g/mol. The Labute approximate surface area is 130 Å². The number of nitrogens with one attached hydrogen (secondary N) is 2. The van der Waals surface area contributed by atoms with Gasteiger partial charge in [-0.15, -0.1) is 11.3 Å². The van der Waals surface area contributed by atoms with Crippen molar-refractivity contribution in [2.45, 2.75) is 32.7 Å². The van der Waals surface area contributed by atoms with E-state index in [1.165, 1.54) is 9.75 Å². The van der Waals surface area contributed by atoms with Crippen LogP contribution in [-0.4, -0.2) is 13.0 Å². The molecule has 2 rings (SSSR count). The van der Waals surface area contributed by atoms with Crippen molar-refractivity contribution in [3.8, 4) is 0 Å². The fraction of sp³-hybridized carbons (Fsp3) is 0.353. The number of rotatable bonds is 4. The van der Waals surface area contributed by atoms with Crippen molar-refractivity contribution >= 4 is 22.9 Å². The zero-order valence-electron chi connectivity index (χ0n) is 13.0. The molecule has 1 aromatic heterocycles. The molecule has 0 fully saturated rings. The summed E-state index contributed by atoms with van der Waals surface area (Å²) in [6.07, 6.45) is 0. The summed E-state index contributed by atoms with van der Waals surface area (Å²) in [5.41, 5.74) is 1.90. The van der Waals surface area contributed by atoms with Crippen molar-refractivity contribution in [1.82, 2.24) is 5.32 Å². The van der Waals surface area contributed by atoms with Crippen LogP contribution in [0.2, 0.25) is 0 Å². The first kappa shape index (κ1) is 15.6. The van der Waals surface area contributed by atoms with Gasteiger partial charge in [0.25, 0.3) is 5.91 Å². The normalized spacial score (nSPS) is 11.2. The molecule has 0 saturated heterocycles. The molecule has 2 N–H and O–H groups in total. The SMILES string of the molecule is CNC(=O)c1ccc(NCc2ccc(C(C)(C)C)s2)cc1. The number of benzene rings is 1. The summed E-state index contributed by atoms with van der Waals surface area (Å²) < 4.78 is 0. The number of hydrogen-bond acceptors (Lipinski definition) is 3. The van der Waals surface area contributed by atoms with Crippen molar-refractivity contribution < 1.29 is 4.79 Å². The van der Waals surface area contributed by atoms with Crippen molar-refractivity contribution in [3.63, 3.8) is 0 Å². The summed E-state index contributed by atoms with van der Waals surface area (Å²) in [5.74, 6) is -0.0605. The largest absolute Gasteiger partial charge is 0.380 e. The van der Waals surface area contributed by atoms with Crippen LogP contribution < -0.4 is 10.6 Å². The summed E-state index contributed by atoms with van der Waals surface area (Å²) in [7, 11) is 1.64. The third-order valence-electron chi connectivity index (χ3n) is 3.24. The third kappa shape index (κ3) is 4.08. The highest BCUT2D eigenvalue weighted by Gasteiger charge is 2.15. The smallest absolute Gasteiger partial charge is 0.251 e. The van der Waals surface area contributed by atoms with Gasteiger partial charge >= 0.3 is 0 Å². The van der Waals surface area contributed by atoms with Crippen LogP contribution in [0.1, 0.15) is 40.9 Å². The standard InChI is InChI=1S/C17H22N2OS/c1-17(2,3)15-10-9-14(21-15)11-19-13-7-5-12(6-8-13)16(20)18-4/h5-10,19H,11H2,1-4H3,(H,18,20). The Morgan fingerprint density at radius 1 is 1.10 bits per heavy atom. The van der Waals surface area contributed by atoms with E-state index in [2.05, 4.69) is 43.5 Å². The van der Waals surface area contributed by atoms with Gasteiger partial charge in [0, 0.05) is 34.6 Å². The Hall–Kier alpha value is -1.81. The molecule has 4 heteroatoms. The maximum atomic E-state index is 11.5. The van der Waals surface area contributed by atoms with Crippen LogP contribution in [0.3, 0.4) is 0 Å². The van der Waals surface area contributed by atoms with E-state index in [-0.39, 0.29) is 11.3 Å². The highest BCUT2D eigenvalue weighted by Crippen LogP contribution is 2.29. The van der Waals surface area contributed by atoms with E-state index in [0.717, 1.165) is 12.2 Å². The van der Waals surface area contributed by atoms with Crippen LogP contribution in [0.4, 0.5) is 5.69 Å². The van der Waals surface area contributed by atoms with Crippen molar-refractivity contribution in [2.75, 3.05) is 12.4 Å². The molecule has 0 radical (unpaired) electrons. The molecule has 0 aliphatic heterocycles. The van der Waals surface area contributed by atoms with Crippen LogP contribution in [0, 0.1) is 0 Å². The van der Waals surface area contributed by atoms with E-state index >= 15 is 0 Å². The Kier molecular flexibility index (Phi) is 4.68. The molecule has 0 unspecified atom stereocenters. The van der Waals surface area contributed by atoms with Gasteiger partial charge in [-0.25, -0.2) is 0 Å². The van der Waals surface area contributed by atoms with Gasteiger partial charge in [-0.3, -0.25) is 4.79 Å². The average Bonchev–Trinajstić information content (AvgIpc) is 2.94. The Bertz CT molecular complexity index is 608. The second-order valence-corrected chi connectivity index (χ2v) is 7.19. The number of thiophene rings is 1. The maximum absolute atomic E-state index is 11.5. The fourth-order valence-corrected chi connectivity index (χ4v) is 2.95. The van der Waals surface area contributed by atoms with Crippen molar-refractivity contribution in [3.05, 3.63) is 51.7 Å². The molecule has 3 nitrogen and oxygen atoms in total. The van der Waals surface area contributed by atoms with Gasteiger partial charge in [0.2, 0.25) is 0 Å². The van der Waals surface area contributed by atoms with Crippen LogP contribution in [0.5, 0.6) is 0 Å². The molecule has 0 atom stereocenters. The number of anilines is 1. The Morgan fingerprint density at radius 3 is 2.29 bits per heavy atom. The second-order valence-electron chi connectivity index (χ2n) is 6.03. The van der Waals surface area contributed by atoms with Gasteiger partial charge in [-0.05, 0) is 41.8 Å². The molecule has 0 bridgehead atoms. The van der Waals surface area contributed by atoms with E-state index in [4.69, 9.17) is 0 Å². The predicted molar refractivity (Wildman–Crippen MR) is 90.2 cm³/mol. The van der Waals surface area contributed by atoms with E-state index in [0.29, 0.717) is 5.56 Å². The minimum Gasteiger partial charge on any atom is -0.380 e. The molecule has 1 aromatic carbocycles. The maximum Gasteiger partial charge on any atom is 0.251 e. The molecule has 0 aliphatic rings. The molecule has 0 saturated carbocycles. The number of carbonyl (C=O) groups is 1. The van der Waals surface area contributed by atoms with Gasteiger partial charge in [-0.2, -0.15) is 0 Å². The minimum absolute atomic E-state index is 0.0605. The highest BCUT2D eigenvalue weighted by molar-refractivity contribution is 7.12. The molecule has 0 aliphatic carbocycles. The summed E-state index contributed by atoms with van der Waals surface area (Å²) in [6.45, 7) is 7.49. The zero-order valence-corrected chi connectivity index (χ0v) is 13.8. The molecule has 112 valence electrons. The molecule has 1 amide bonds. The lowest BCUT2D eigenvalue weighted by atomic mass is 9.95. The van der Waals surface area contributed by atoms with Gasteiger partial charge in [-0.1, -0.05) is 20.8 Å². The lowest BCUT2D eigenvalue weighted by Gasteiger charge is -2.15. The van der Waals surface area contributed by atoms with Gasteiger partial charge in [0.1, 0.15) is 0 Å². The quantitative estimate of drug-likeness (QED) is 0.895. The zero-order chi connectivity index (χ0) is 15.5. The highest BCUT2D eigenvalue weighted by atomic mass is 32.1. The number of carbonyl (C=O) groups excluding carboxylic acids is 1. The average molecular weight is 302 g/mol. The second kappa shape index (κ2) is 6.31. The molecule has 1 heterocycles. The Balaban J connectivity index is 1.97. The summed E-state index contributed by atoms with van der Waals surface area (Å²) in [4.78, 5) is 14.2. The third-order valence-corrected chi connectivity index (χ3v) is 4.75. The summed E-state index contributed by atoms with van der Waals surface area (Å²) in [5, 5.41) is 6.01. The molecular formula is C17H22N2OS. The molecule has 2 aromatic rings. The molecule has 0 spiro atoms. The van der Waals surface area contributed by atoms with E-state index in [9.17, 15) is 4.79 Å². The lowest BCUT2D eigenvalue weighted by Crippen LogP contribution is -2.17. The number of hydrogen-bond donors (Lipinski definition) is 2. The van der Waals surface area contributed by atoms with E-state index < -0.39 is 0 Å². The first-order valence-corrected chi connectivity index (χ1v) is 7.87. The van der Waals surface area contributed by atoms with Crippen LogP contribution in [0.15, 0.2) is 36.4 Å². The van der Waals surface area contributed by atoms with Crippen LogP contribution in [-0.2, 0) is 12.0 Å². The first-order chi connectivity index (χ1) is 9.90. The van der Waals surface area contributed by atoms with E-state index in [1.54, 1.807) is 7.05 Å². The van der Waals surface area contributed by atoms with E-state index in [1.807, 2.05) is 35.6 Å². The topological polar surface area (TPSA) is 41.1 Å². The van der Waals surface area contributed by atoms with Crippen molar-refractivity contribution in [2.24, 2.45) is 0 Å². The lowest BCUT2D eigenvalue weighted by molar-refractivity contribution is 0.0963. The molecule has 21 heavy (non-hydrogen) atoms. The fourth-order valence-electron chi connectivity index (χ4n) is 1.95. The van der Waals surface area contributed by atoms with Gasteiger partial charge in [0.15, 0.2) is 0 Å².